The average molecular weight is 731 g/mol. The molecule has 0 aliphatic heterocycles. The lowest BCUT2D eigenvalue weighted by molar-refractivity contribution is -0.870. The van der Waals surface area contributed by atoms with Crippen molar-refractivity contribution in [2.75, 3.05) is 47.5 Å². The molecule has 0 aliphatic rings. The summed E-state index contributed by atoms with van der Waals surface area (Å²) in [6.45, 7) is 4.33. The minimum Gasteiger partial charge on any atom is -0.462 e. The summed E-state index contributed by atoms with van der Waals surface area (Å²) in [5.74, 6) is -0.813. The van der Waals surface area contributed by atoms with Crippen molar-refractivity contribution in [2.45, 2.75) is 174 Å². The van der Waals surface area contributed by atoms with Gasteiger partial charge in [-0.25, -0.2) is 4.57 Å². The van der Waals surface area contributed by atoms with Gasteiger partial charge in [0.15, 0.2) is 6.10 Å². The highest BCUT2D eigenvalue weighted by Gasteiger charge is 2.27. The van der Waals surface area contributed by atoms with Crippen LogP contribution in [0.2, 0.25) is 0 Å². The molecule has 0 rings (SSSR count). The van der Waals surface area contributed by atoms with Crippen LogP contribution in [0.4, 0.5) is 0 Å². The molecular weight excluding hydrogens is 653 g/mol. The van der Waals surface area contributed by atoms with Crippen LogP contribution < -0.4 is 0 Å². The number of carbonyl (C=O) groups excluding carboxylic acids is 2. The average Bonchev–Trinajstić information content (AvgIpc) is 3.06. The summed E-state index contributed by atoms with van der Waals surface area (Å²) >= 11 is 0. The van der Waals surface area contributed by atoms with Crippen molar-refractivity contribution in [1.82, 2.24) is 0 Å². The summed E-state index contributed by atoms with van der Waals surface area (Å²) in [7, 11) is 1.47. The number of phosphoric acid groups is 1. The zero-order valence-electron chi connectivity index (χ0n) is 32.9. The van der Waals surface area contributed by atoms with Crippen molar-refractivity contribution in [3.8, 4) is 0 Å². The SMILES string of the molecule is CCC/C=C/C/C=C/CCCCCCCC(=O)O[C@H](COC(=O)CCCCCCCCCCCCCCC)COP(=O)(O)OCC[N+](C)(C)C. The number of rotatable bonds is 36. The van der Waals surface area contributed by atoms with E-state index in [2.05, 4.69) is 38.2 Å². The third kappa shape index (κ3) is 36.3. The molecule has 0 radical (unpaired) electrons. The molecule has 0 amide bonds. The van der Waals surface area contributed by atoms with Gasteiger partial charge in [0.1, 0.15) is 19.8 Å². The van der Waals surface area contributed by atoms with Gasteiger partial charge < -0.3 is 18.9 Å². The number of hydrogen-bond donors (Lipinski definition) is 1. The van der Waals surface area contributed by atoms with Crippen LogP contribution in [-0.2, 0) is 32.7 Å². The zero-order valence-corrected chi connectivity index (χ0v) is 33.8. The van der Waals surface area contributed by atoms with E-state index in [1.807, 2.05) is 21.1 Å². The molecule has 0 spiro atoms. The number of hydrogen-bond acceptors (Lipinski definition) is 7. The Kier molecular flexibility index (Phi) is 32.3. The van der Waals surface area contributed by atoms with Gasteiger partial charge in [-0.15, -0.1) is 0 Å². The van der Waals surface area contributed by atoms with Crippen molar-refractivity contribution >= 4 is 19.8 Å². The highest BCUT2D eigenvalue weighted by atomic mass is 31.2. The number of ether oxygens (including phenoxy) is 2. The first-order chi connectivity index (χ1) is 24.0. The Hall–Kier alpha value is -1.51. The van der Waals surface area contributed by atoms with Gasteiger partial charge in [-0.2, -0.15) is 0 Å². The van der Waals surface area contributed by atoms with E-state index in [0.29, 0.717) is 17.4 Å². The number of allylic oxidation sites excluding steroid dienone is 4. The van der Waals surface area contributed by atoms with Gasteiger partial charge in [-0.3, -0.25) is 18.6 Å². The van der Waals surface area contributed by atoms with Crippen LogP contribution in [0.1, 0.15) is 168 Å². The number of likely N-dealkylation sites (N-methyl/N-ethyl adjacent to an activating group) is 1. The summed E-state index contributed by atoms with van der Waals surface area (Å²) in [4.78, 5) is 35.2. The van der Waals surface area contributed by atoms with Gasteiger partial charge >= 0.3 is 19.8 Å². The van der Waals surface area contributed by atoms with Gasteiger partial charge in [-0.05, 0) is 38.5 Å². The first kappa shape index (κ1) is 48.5. The molecule has 0 aromatic rings. The number of nitrogens with zero attached hydrogens (tertiary/aromatic N) is 1. The first-order valence-corrected chi connectivity index (χ1v) is 21.6. The molecule has 50 heavy (non-hydrogen) atoms. The molecule has 10 heteroatoms. The second-order valence-electron chi connectivity index (χ2n) is 14.7. The van der Waals surface area contributed by atoms with Crippen LogP contribution in [-0.4, -0.2) is 74.9 Å². The molecule has 9 nitrogen and oxygen atoms in total. The molecular formula is C40H77NO8P+. The zero-order chi connectivity index (χ0) is 37.2. The maximum absolute atomic E-state index is 12.6. The molecule has 1 N–H and O–H groups in total. The fraction of sp³-hybridized carbons (Fsp3) is 0.850. The molecule has 0 fully saturated rings. The number of phosphoric ester groups is 1. The Morgan fingerprint density at radius 1 is 0.620 bits per heavy atom. The first-order valence-electron chi connectivity index (χ1n) is 20.1. The fourth-order valence-corrected chi connectivity index (χ4v) is 6.03. The number of unbranched alkanes of at least 4 members (excludes halogenated alkanes) is 18. The molecule has 0 heterocycles. The largest absolute Gasteiger partial charge is 0.472 e. The Balaban J connectivity index is 4.43. The van der Waals surface area contributed by atoms with Crippen molar-refractivity contribution in [1.29, 1.82) is 0 Å². The minimum atomic E-state index is -4.37. The van der Waals surface area contributed by atoms with E-state index in [9.17, 15) is 19.0 Å². The second-order valence-corrected chi connectivity index (χ2v) is 16.1. The van der Waals surface area contributed by atoms with E-state index >= 15 is 0 Å². The van der Waals surface area contributed by atoms with Crippen LogP contribution in [0.15, 0.2) is 24.3 Å². The standard InChI is InChI=1S/C40H76NO8P/c1-6-8-10-12-14-16-18-20-22-24-26-28-30-32-39(42)46-36-38(37-48-50(44,45)47-35-34-41(3,4)5)49-40(43)33-31-29-27-25-23-21-19-17-15-13-11-9-7-2/h11,13,17,19,38H,6-10,12,14-16,18,20-37H2,1-5H3/p+1/b13-11+,19-17+/t38-/m1/s1. The van der Waals surface area contributed by atoms with Gasteiger partial charge in [0.25, 0.3) is 0 Å². The van der Waals surface area contributed by atoms with Crippen LogP contribution in [0.3, 0.4) is 0 Å². The molecule has 1 unspecified atom stereocenters. The Labute approximate surface area is 307 Å². The summed E-state index contributed by atoms with van der Waals surface area (Å²) in [6.07, 6.45) is 33.6. The van der Waals surface area contributed by atoms with E-state index < -0.39 is 26.5 Å². The van der Waals surface area contributed by atoms with E-state index in [1.165, 1.54) is 70.6 Å². The number of quaternary nitrogens is 1. The van der Waals surface area contributed by atoms with Gasteiger partial charge in [0, 0.05) is 12.8 Å². The number of esters is 2. The van der Waals surface area contributed by atoms with Crippen LogP contribution in [0.25, 0.3) is 0 Å². The lowest BCUT2D eigenvalue weighted by Crippen LogP contribution is -2.37. The third-order valence-electron chi connectivity index (χ3n) is 8.47. The third-order valence-corrected chi connectivity index (χ3v) is 9.45. The molecule has 0 bridgehead atoms. The Bertz CT molecular complexity index is 918. The maximum Gasteiger partial charge on any atom is 0.472 e. The van der Waals surface area contributed by atoms with Crippen molar-refractivity contribution in [3.05, 3.63) is 24.3 Å². The van der Waals surface area contributed by atoms with E-state index in [4.69, 9.17) is 18.5 Å². The lowest BCUT2D eigenvalue weighted by atomic mass is 10.0. The molecule has 0 saturated carbocycles. The second kappa shape index (κ2) is 33.3. The normalized spacial score (nSPS) is 14.0. The summed E-state index contributed by atoms with van der Waals surface area (Å²) < 4.78 is 34.2. The molecule has 2 atom stereocenters. The summed E-state index contributed by atoms with van der Waals surface area (Å²) in [6, 6.07) is 0. The van der Waals surface area contributed by atoms with E-state index in [1.54, 1.807) is 0 Å². The molecule has 0 aliphatic carbocycles. The fourth-order valence-electron chi connectivity index (χ4n) is 5.29. The van der Waals surface area contributed by atoms with Crippen molar-refractivity contribution < 1.29 is 42.1 Å². The monoisotopic (exact) mass is 731 g/mol. The van der Waals surface area contributed by atoms with Gasteiger partial charge in [0.05, 0.1) is 27.7 Å². The van der Waals surface area contributed by atoms with Crippen LogP contribution >= 0.6 is 7.82 Å². The smallest absolute Gasteiger partial charge is 0.462 e. The minimum absolute atomic E-state index is 0.0303. The summed E-state index contributed by atoms with van der Waals surface area (Å²) in [5.41, 5.74) is 0. The molecule has 294 valence electrons. The predicted octanol–water partition coefficient (Wildman–Crippen LogP) is 10.8. The van der Waals surface area contributed by atoms with Crippen LogP contribution in [0.5, 0.6) is 0 Å². The van der Waals surface area contributed by atoms with Gasteiger partial charge in [-0.1, -0.05) is 141 Å². The topological polar surface area (TPSA) is 108 Å². The van der Waals surface area contributed by atoms with Crippen LogP contribution in [0, 0.1) is 0 Å². The highest BCUT2D eigenvalue weighted by Crippen LogP contribution is 2.43. The van der Waals surface area contributed by atoms with E-state index in [-0.39, 0.29) is 32.0 Å². The van der Waals surface area contributed by atoms with Gasteiger partial charge in [0.2, 0.25) is 0 Å². The molecule has 0 saturated heterocycles. The van der Waals surface area contributed by atoms with Crippen molar-refractivity contribution in [3.63, 3.8) is 0 Å². The number of carbonyl (C=O) groups is 2. The molecule has 0 aromatic carbocycles. The maximum atomic E-state index is 12.6. The molecule has 0 aromatic heterocycles. The Morgan fingerprint density at radius 2 is 1.12 bits per heavy atom. The predicted molar refractivity (Wildman–Crippen MR) is 206 cm³/mol. The van der Waals surface area contributed by atoms with Crippen molar-refractivity contribution in [2.24, 2.45) is 0 Å². The quantitative estimate of drug-likeness (QED) is 0.0223. The van der Waals surface area contributed by atoms with E-state index in [0.717, 1.165) is 64.2 Å². The summed E-state index contributed by atoms with van der Waals surface area (Å²) in [5, 5.41) is 0. The Morgan fingerprint density at radius 3 is 1.66 bits per heavy atom. The highest BCUT2D eigenvalue weighted by molar-refractivity contribution is 7.47. The lowest BCUT2D eigenvalue weighted by Gasteiger charge is -2.24.